The Hall–Kier alpha value is -1.06. The fourth-order valence-electron chi connectivity index (χ4n) is 2.01. The van der Waals surface area contributed by atoms with Crippen molar-refractivity contribution in [3.05, 3.63) is 0 Å². The van der Waals surface area contributed by atoms with E-state index in [2.05, 4.69) is 10.6 Å². The normalized spacial score (nSPS) is 44.5. The highest BCUT2D eigenvalue weighted by atomic mass is 16.2. The van der Waals surface area contributed by atoms with E-state index in [1.165, 1.54) is 0 Å². The van der Waals surface area contributed by atoms with Crippen LogP contribution in [0, 0.1) is 5.41 Å². The quantitative estimate of drug-likeness (QED) is 0.556. The standard InChI is InChI=1S/C8H12N2O2/c1-3-7(2)4-8(7)5(11)9-6(12)10-8/h3-4H2,1-2H3,(H2,9,10,11,12)/t7-,8+/m1/s1. The summed E-state index contributed by atoms with van der Waals surface area (Å²) < 4.78 is 0. The van der Waals surface area contributed by atoms with E-state index in [9.17, 15) is 9.59 Å². The monoisotopic (exact) mass is 168 g/mol. The van der Waals surface area contributed by atoms with E-state index < -0.39 is 5.54 Å². The van der Waals surface area contributed by atoms with E-state index in [0.717, 1.165) is 12.8 Å². The minimum atomic E-state index is -0.571. The molecule has 1 saturated heterocycles. The van der Waals surface area contributed by atoms with Gasteiger partial charge in [-0.1, -0.05) is 13.8 Å². The molecule has 2 N–H and O–H groups in total. The van der Waals surface area contributed by atoms with Gasteiger partial charge in [-0.15, -0.1) is 0 Å². The number of carbonyl (C=O) groups is 2. The van der Waals surface area contributed by atoms with Gasteiger partial charge in [-0.3, -0.25) is 10.1 Å². The Bertz CT molecular complexity index is 276. The minimum Gasteiger partial charge on any atom is -0.323 e. The molecule has 4 nitrogen and oxygen atoms in total. The summed E-state index contributed by atoms with van der Waals surface area (Å²) in [5.41, 5.74) is -0.595. The first-order chi connectivity index (χ1) is 5.54. The third-order valence-electron chi connectivity index (χ3n) is 3.28. The van der Waals surface area contributed by atoms with Crippen LogP contribution in [0.2, 0.25) is 0 Å². The molecule has 0 unspecified atom stereocenters. The van der Waals surface area contributed by atoms with Crippen molar-refractivity contribution in [1.82, 2.24) is 10.6 Å². The van der Waals surface area contributed by atoms with Crippen molar-refractivity contribution < 1.29 is 9.59 Å². The molecular weight excluding hydrogens is 156 g/mol. The summed E-state index contributed by atoms with van der Waals surface area (Å²) in [7, 11) is 0. The lowest BCUT2D eigenvalue weighted by molar-refractivity contribution is -0.121. The van der Waals surface area contributed by atoms with Gasteiger partial charge in [0.2, 0.25) is 0 Å². The first kappa shape index (κ1) is 7.58. The number of nitrogens with one attached hydrogen (secondary N) is 2. The molecule has 1 aliphatic heterocycles. The Balaban J connectivity index is 2.27. The third-order valence-corrected chi connectivity index (χ3v) is 3.28. The average Bonchev–Trinajstić information content (AvgIpc) is 2.47. The van der Waals surface area contributed by atoms with Crippen molar-refractivity contribution in [2.24, 2.45) is 5.41 Å². The Labute approximate surface area is 70.7 Å². The van der Waals surface area contributed by atoms with Crippen molar-refractivity contribution in [1.29, 1.82) is 0 Å². The van der Waals surface area contributed by atoms with Crippen molar-refractivity contribution in [3.8, 4) is 0 Å². The van der Waals surface area contributed by atoms with Crippen LogP contribution >= 0.6 is 0 Å². The summed E-state index contributed by atoms with van der Waals surface area (Å²) in [6, 6.07) is -0.350. The summed E-state index contributed by atoms with van der Waals surface area (Å²) in [5, 5.41) is 4.97. The maximum absolute atomic E-state index is 11.3. The predicted molar refractivity (Wildman–Crippen MR) is 42.4 cm³/mol. The summed E-state index contributed by atoms with van der Waals surface area (Å²) in [6.07, 6.45) is 1.69. The van der Waals surface area contributed by atoms with Crippen molar-refractivity contribution >= 4 is 11.9 Å². The second-order valence-electron chi connectivity index (χ2n) is 3.90. The van der Waals surface area contributed by atoms with Gasteiger partial charge in [0.25, 0.3) is 5.91 Å². The smallest absolute Gasteiger partial charge is 0.322 e. The predicted octanol–water partition coefficient (Wildman–Crippen LogP) is 0.385. The van der Waals surface area contributed by atoms with Crippen LogP contribution in [0.4, 0.5) is 4.79 Å². The van der Waals surface area contributed by atoms with Crippen LogP contribution in [0.15, 0.2) is 0 Å². The molecule has 66 valence electrons. The number of carbonyl (C=O) groups excluding carboxylic acids is 2. The van der Waals surface area contributed by atoms with Crippen LogP contribution in [0.25, 0.3) is 0 Å². The van der Waals surface area contributed by atoms with E-state index in [1.807, 2.05) is 13.8 Å². The lowest BCUT2D eigenvalue weighted by Gasteiger charge is -2.12. The SMILES string of the molecule is CC[C@]1(C)C[C@@]12NC(=O)NC2=O. The molecule has 2 aliphatic rings. The molecule has 1 heterocycles. The average molecular weight is 168 g/mol. The Kier molecular flexibility index (Phi) is 1.14. The van der Waals surface area contributed by atoms with E-state index in [0.29, 0.717) is 0 Å². The van der Waals surface area contributed by atoms with Crippen LogP contribution in [0.1, 0.15) is 26.7 Å². The highest BCUT2D eigenvalue weighted by Crippen LogP contribution is 2.59. The summed E-state index contributed by atoms with van der Waals surface area (Å²) in [4.78, 5) is 22.2. The molecule has 0 aromatic carbocycles. The minimum absolute atomic E-state index is 0.0246. The zero-order valence-corrected chi connectivity index (χ0v) is 7.23. The zero-order valence-electron chi connectivity index (χ0n) is 7.23. The number of urea groups is 1. The van der Waals surface area contributed by atoms with Crippen LogP contribution < -0.4 is 10.6 Å². The topological polar surface area (TPSA) is 58.2 Å². The van der Waals surface area contributed by atoms with Crippen LogP contribution in [0.5, 0.6) is 0 Å². The van der Waals surface area contributed by atoms with Crippen LogP contribution in [0.3, 0.4) is 0 Å². The molecule has 0 bridgehead atoms. The second kappa shape index (κ2) is 1.81. The molecule has 0 aromatic rings. The van der Waals surface area contributed by atoms with Crippen molar-refractivity contribution in [2.75, 3.05) is 0 Å². The lowest BCUT2D eigenvalue weighted by Crippen LogP contribution is -2.37. The van der Waals surface area contributed by atoms with Crippen LogP contribution in [-0.2, 0) is 4.79 Å². The zero-order chi connectivity index (χ0) is 8.98. The lowest BCUT2D eigenvalue weighted by atomic mass is 9.99. The molecule has 1 spiro atoms. The van der Waals surface area contributed by atoms with Gasteiger partial charge in [0.15, 0.2) is 0 Å². The molecule has 0 radical (unpaired) electrons. The van der Waals surface area contributed by atoms with Gasteiger partial charge < -0.3 is 5.32 Å². The number of imide groups is 1. The number of amides is 3. The molecule has 0 aromatic heterocycles. The maximum Gasteiger partial charge on any atom is 0.322 e. The summed E-state index contributed by atoms with van der Waals surface area (Å²) in [5.74, 6) is -0.156. The second-order valence-corrected chi connectivity index (χ2v) is 3.90. The number of rotatable bonds is 1. The van der Waals surface area contributed by atoms with Crippen LogP contribution in [-0.4, -0.2) is 17.5 Å². The van der Waals surface area contributed by atoms with Crippen molar-refractivity contribution in [2.45, 2.75) is 32.2 Å². The van der Waals surface area contributed by atoms with E-state index in [4.69, 9.17) is 0 Å². The summed E-state index contributed by atoms with van der Waals surface area (Å²) in [6.45, 7) is 4.06. The largest absolute Gasteiger partial charge is 0.323 e. The Morgan fingerprint density at radius 2 is 2.17 bits per heavy atom. The number of hydrogen-bond donors (Lipinski definition) is 2. The van der Waals surface area contributed by atoms with E-state index >= 15 is 0 Å². The molecule has 2 fully saturated rings. The van der Waals surface area contributed by atoms with Gasteiger partial charge in [0.1, 0.15) is 5.54 Å². The van der Waals surface area contributed by atoms with Crippen molar-refractivity contribution in [3.63, 3.8) is 0 Å². The Morgan fingerprint density at radius 1 is 1.50 bits per heavy atom. The first-order valence-electron chi connectivity index (χ1n) is 4.18. The Morgan fingerprint density at radius 3 is 2.50 bits per heavy atom. The molecule has 12 heavy (non-hydrogen) atoms. The molecule has 2 rings (SSSR count). The third kappa shape index (κ3) is 0.629. The fourth-order valence-corrected chi connectivity index (χ4v) is 2.01. The van der Waals surface area contributed by atoms with Gasteiger partial charge in [-0.2, -0.15) is 0 Å². The summed E-state index contributed by atoms with van der Waals surface area (Å²) >= 11 is 0. The molecule has 2 atom stereocenters. The fraction of sp³-hybridized carbons (Fsp3) is 0.750. The highest BCUT2D eigenvalue weighted by molar-refractivity contribution is 6.09. The highest BCUT2D eigenvalue weighted by Gasteiger charge is 2.71. The van der Waals surface area contributed by atoms with Gasteiger partial charge in [0.05, 0.1) is 0 Å². The molecule has 4 heteroatoms. The molecule has 1 saturated carbocycles. The van der Waals surface area contributed by atoms with Gasteiger partial charge >= 0.3 is 6.03 Å². The number of hydrogen-bond acceptors (Lipinski definition) is 2. The molecule has 3 amide bonds. The van der Waals surface area contributed by atoms with Gasteiger partial charge in [0, 0.05) is 5.41 Å². The first-order valence-corrected chi connectivity index (χ1v) is 4.18. The van der Waals surface area contributed by atoms with E-state index in [1.54, 1.807) is 0 Å². The van der Waals surface area contributed by atoms with E-state index in [-0.39, 0.29) is 17.4 Å². The molecule has 1 aliphatic carbocycles. The molecular formula is C8H12N2O2. The van der Waals surface area contributed by atoms with Gasteiger partial charge in [-0.05, 0) is 12.8 Å². The van der Waals surface area contributed by atoms with Gasteiger partial charge in [-0.25, -0.2) is 4.79 Å². The maximum atomic E-state index is 11.3.